The lowest BCUT2D eigenvalue weighted by molar-refractivity contribution is 0.417. The van der Waals surface area contributed by atoms with Gasteiger partial charge in [-0.3, -0.25) is 4.99 Å². The van der Waals surface area contributed by atoms with Crippen molar-refractivity contribution in [1.82, 2.24) is 0 Å². The van der Waals surface area contributed by atoms with Gasteiger partial charge in [0.2, 0.25) is 0 Å². The standard InChI is InChI=1S/C17H20FN3O/c1-22-16-10-3-2-9-15(16)21-17(19)20-11-5-7-13-6-4-8-14(18)12-13/h2-4,6,8-10,12H,5,7,11H2,1H3,(H3,19,20,21). The smallest absolute Gasteiger partial charge is 0.193 e. The van der Waals surface area contributed by atoms with E-state index in [1.165, 1.54) is 6.07 Å². The number of ether oxygens (including phenoxy) is 1. The second kappa shape index (κ2) is 8.02. The molecule has 0 radical (unpaired) electrons. The third-order valence-electron chi connectivity index (χ3n) is 3.16. The fraction of sp³-hybridized carbons (Fsp3) is 0.235. The van der Waals surface area contributed by atoms with E-state index in [-0.39, 0.29) is 5.82 Å². The lowest BCUT2D eigenvalue weighted by atomic mass is 10.1. The van der Waals surface area contributed by atoms with Gasteiger partial charge in [0.25, 0.3) is 0 Å². The zero-order valence-corrected chi connectivity index (χ0v) is 12.6. The van der Waals surface area contributed by atoms with Gasteiger partial charge in [-0.2, -0.15) is 0 Å². The Morgan fingerprint density at radius 2 is 2.05 bits per heavy atom. The van der Waals surface area contributed by atoms with E-state index in [1.807, 2.05) is 30.3 Å². The van der Waals surface area contributed by atoms with E-state index in [4.69, 9.17) is 10.5 Å². The van der Waals surface area contributed by atoms with E-state index in [2.05, 4.69) is 10.3 Å². The van der Waals surface area contributed by atoms with Crippen molar-refractivity contribution >= 4 is 11.6 Å². The monoisotopic (exact) mass is 301 g/mol. The summed E-state index contributed by atoms with van der Waals surface area (Å²) < 4.78 is 18.3. The normalized spacial score (nSPS) is 11.3. The highest BCUT2D eigenvalue weighted by atomic mass is 19.1. The first-order valence-corrected chi connectivity index (χ1v) is 7.13. The molecular weight excluding hydrogens is 281 g/mol. The molecule has 3 N–H and O–H groups in total. The van der Waals surface area contributed by atoms with Crippen LogP contribution in [0.2, 0.25) is 0 Å². The maximum absolute atomic E-state index is 13.0. The van der Waals surface area contributed by atoms with Crippen LogP contribution in [-0.2, 0) is 6.42 Å². The Kier molecular flexibility index (Phi) is 5.77. The number of halogens is 1. The Balaban J connectivity index is 1.83. The summed E-state index contributed by atoms with van der Waals surface area (Å²) in [4.78, 5) is 4.27. The zero-order valence-electron chi connectivity index (χ0n) is 12.6. The molecule has 0 saturated heterocycles. The minimum Gasteiger partial charge on any atom is -0.495 e. The van der Waals surface area contributed by atoms with Gasteiger partial charge >= 0.3 is 0 Å². The highest BCUT2D eigenvalue weighted by Gasteiger charge is 2.02. The number of aryl methyl sites for hydroxylation is 1. The highest BCUT2D eigenvalue weighted by molar-refractivity contribution is 5.93. The molecule has 0 fully saturated rings. The fourth-order valence-corrected chi connectivity index (χ4v) is 2.10. The first-order chi connectivity index (χ1) is 10.7. The van der Waals surface area contributed by atoms with Gasteiger partial charge in [0.1, 0.15) is 11.6 Å². The van der Waals surface area contributed by atoms with Crippen molar-refractivity contribution in [3.8, 4) is 5.75 Å². The number of guanidine groups is 1. The van der Waals surface area contributed by atoms with Crippen LogP contribution in [-0.4, -0.2) is 19.6 Å². The molecule has 0 aliphatic heterocycles. The molecule has 2 aromatic carbocycles. The van der Waals surface area contributed by atoms with Crippen molar-refractivity contribution in [2.45, 2.75) is 12.8 Å². The zero-order chi connectivity index (χ0) is 15.8. The molecule has 5 heteroatoms. The van der Waals surface area contributed by atoms with Crippen molar-refractivity contribution in [1.29, 1.82) is 0 Å². The molecule has 116 valence electrons. The van der Waals surface area contributed by atoms with Gasteiger partial charge in [0, 0.05) is 6.54 Å². The molecule has 0 aliphatic carbocycles. The van der Waals surface area contributed by atoms with Gasteiger partial charge in [-0.15, -0.1) is 0 Å². The van der Waals surface area contributed by atoms with E-state index in [0.717, 1.165) is 24.1 Å². The van der Waals surface area contributed by atoms with Crippen LogP contribution in [0.4, 0.5) is 10.1 Å². The van der Waals surface area contributed by atoms with Gasteiger partial charge in [0.15, 0.2) is 5.96 Å². The summed E-state index contributed by atoms with van der Waals surface area (Å²) in [5.41, 5.74) is 7.59. The van der Waals surface area contributed by atoms with Crippen LogP contribution in [0, 0.1) is 5.82 Å². The largest absolute Gasteiger partial charge is 0.495 e. The summed E-state index contributed by atoms with van der Waals surface area (Å²) in [5, 5.41) is 3.01. The summed E-state index contributed by atoms with van der Waals surface area (Å²) >= 11 is 0. The molecular formula is C17H20FN3O. The number of rotatable bonds is 6. The number of para-hydroxylation sites is 2. The van der Waals surface area contributed by atoms with E-state index < -0.39 is 0 Å². The van der Waals surface area contributed by atoms with Crippen LogP contribution < -0.4 is 15.8 Å². The Bertz CT molecular complexity index is 643. The molecule has 0 unspecified atom stereocenters. The average Bonchev–Trinajstić information content (AvgIpc) is 2.52. The van der Waals surface area contributed by atoms with Crippen molar-refractivity contribution < 1.29 is 9.13 Å². The topological polar surface area (TPSA) is 59.6 Å². The van der Waals surface area contributed by atoms with Crippen LogP contribution in [0.25, 0.3) is 0 Å². The predicted molar refractivity (Wildman–Crippen MR) is 87.8 cm³/mol. The second-order valence-electron chi connectivity index (χ2n) is 4.83. The maximum Gasteiger partial charge on any atom is 0.193 e. The van der Waals surface area contributed by atoms with E-state index in [1.54, 1.807) is 19.2 Å². The minimum absolute atomic E-state index is 0.210. The predicted octanol–water partition coefficient (Wildman–Crippen LogP) is 3.19. The Hall–Kier alpha value is -2.56. The van der Waals surface area contributed by atoms with Crippen LogP contribution in [0.3, 0.4) is 0 Å². The van der Waals surface area contributed by atoms with Crippen LogP contribution in [0.1, 0.15) is 12.0 Å². The Labute approximate surface area is 129 Å². The molecule has 0 aromatic heterocycles. The summed E-state index contributed by atoms with van der Waals surface area (Å²) in [5.74, 6) is 0.836. The fourth-order valence-electron chi connectivity index (χ4n) is 2.10. The van der Waals surface area contributed by atoms with Crippen LogP contribution in [0.5, 0.6) is 5.75 Å². The van der Waals surface area contributed by atoms with Crippen LogP contribution >= 0.6 is 0 Å². The molecule has 0 heterocycles. The lowest BCUT2D eigenvalue weighted by Gasteiger charge is -2.10. The van der Waals surface area contributed by atoms with E-state index in [9.17, 15) is 4.39 Å². The molecule has 0 spiro atoms. The van der Waals surface area contributed by atoms with Gasteiger partial charge in [-0.25, -0.2) is 4.39 Å². The molecule has 22 heavy (non-hydrogen) atoms. The third-order valence-corrected chi connectivity index (χ3v) is 3.16. The summed E-state index contributed by atoms with van der Waals surface area (Å²) in [6.07, 6.45) is 1.57. The van der Waals surface area contributed by atoms with Gasteiger partial charge < -0.3 is 15.8 Å². The lowest BCUT2D eigenvalue weighted by Crippen LogP contribution is -2.23. The maximum atomic E-state index is 13.0. The second-order valence-corrected chi connectivity index (χ2v) is 4.83. The number of benzene rings is 2. The Morgan fingerprint density at radius 1 is 1.23 bits per heavy atom. The number of nitrogens with two attached hydrogens (primary N) is 1. The van der Waals surface area contributed by atoms with Crippen molar-refractivity contribution in [3.05, 3.63) is 59.9 Å². The number of anilines is 1. The van der Waals surface area contributed by atoms with Gasteiger partial charge in [0.05, 0.1) is 12.8 Å². The molecule has 2 rings (SSSR count). The number of hydrogen-bond acceptors (Lipinski definition) is 2. The molecule has 0 bridgehead atoms. The quantitative estimate of drug-likeness (QED) is 0.489. The number of nitrogens with one attached hydrogen (secondary N) is 1. The Morgan fingerprint density at radius 3 is 2.82 bits per heavy atom. The van der Waals surface area contributed by atoms with E-state index >= 15 is 0 Å². The summed E-state index contributed by atoms with van der Waals surface area (Å²) in [6.45, 7) is 0.574. The van der Waals surface area contributed by atoms with Gasteiger partial charge in [-0.05, 0) is 42.7 Å². The SMILES string of the molecule is COc1ccccc1NC(N)=NCCCc1cccc(F)c1. The highest BCUT2D eigenvalue weighted by Crippen LogP contribution is 2.22. The molecule has 2 aromatic rings. The first-order valence-electron chi connectivity index (χ1n) is 7.13. The molecule has 0 amide bonds. The molecule has 0 aliphatic rings. The number of hydrogen-bond donors (Lipinski definition) is 2. The number of methoxy groups -OCH3 is 1. The average molecular weight is 301 g/mol. The summed E-state index contributed by atoms with van der Waals surface area (Å²) in [6, 6.07) is 14.1. The third kappa shape index (κ3) is 4.77. The number of nitrogens with zero attached hydrogens (tertiary/aromatic N) is 1. The molecule has 0 atom stereocenters. The van der Waals surface area contributed by atoms with Crippen LogP contribution in [0.15, 0.2) is 53.5 Å². The first kappa shape index (κ1) is 15.8. The van der Waals surface area contributed by atoms with Crippen molar-refractivity contribution in [2.24, 2.45) is 10.7 Å². The van der Waals surface area contributed by atoms with E-state index in [0.29, 0.717) is 18.3 Å². The van der Waals surface area contributed by atoms with Crippen molar-refractivity contribution in [3.63, 3.8) is 0 Å². The number of aliphatic imine (C=N–C) groups is 1. The van der Waals surface area contributed by atoms with Crippen molar-refractivity contribution in [2.75, 3.05) is 19.0 Å². The minimum atomic E-state index is -0.210. The molecule has 4 nitrogen and oxygen atoms in total. The summed E-state index contributed by atoms with van der Waals surface area (Å²) in [7, 11) is 1.60. The van der Waals surface area contributed by atoms with Gasteiger partial charge in [-0.1, -0.05) is 24.3 Å². The molecule has 0 saturated carbocycles.